The predicted molar refractivity (Wildman–Crippen MR) is 176 cm³/mol. The van der Waals surface area contributed by atoms with Gasteiger partial charge < -0.3 is 35.4 Å². The first-order valence-electron chi connectivity index (χ1n) is 14.5. The van der Waals surface area contributed by atoms with Gasteiger partial charge in [-0.3, -0.25) is 9.36 Å². The fourth-order valence-electron chi connectivity index (χ4n) is 4.43. The Morgan fingerprint density at radius 1 is 0.667 bits per heavy atom. The molecule has 1 fully saturated rings. The van der Waals surface area contributed by atoms with Crippen LogP contribution in [0.3, 0.4) is 0 Å². The lowest BCUT2D eigenvalue weighted by Crippen LogP contribution is -2.35. The number of carboxylic acid groups (broad SMARTS) is 3. The average molecular weight is 658 g/mol. The van der Waals surface area contributed by atoms with Crippen LogP contribution in [0.2, 0.25) is 0 Å². The summed E-state index contributed by atoms with van der Waals surface area (Å²) in [5.41, 5.74) is 1.74. The van der Waals surface area contributed by atoms with Gasteiger partial charge in [-0.1, -0.05) is 72.3 Å². The highest BCUT2D eigenvalue weighted by Crippen LogP contribution is 2.28. The van der Waals surface area contributed by atoms with E-state index in [1.54, 1.807) is 103 Å². The standard InChI is InChI=1S/C15H17NO5.3C7H6O2/c1-8-2-3-10-9(6-8)4-5-16(14(10)20)15-13(19)12(18)11(7-17)21-15;3*8-7(9)6-4-2-1-3-5-6/h2-6,11-13,15,17-19H,7H2,1H3;3*1-5H,(H,8,9)/t11-,12-,13-,15-;;;/m1.../s1. The molecule has 5 aromatic rings. The lowest BCUT2D eigenvalue weighted by molar-refractivity contribution is -0.0541. The summed E-state index contributed by atoms with van der Waals surface area (Å²) in [5.74, 6) is -2.64. The predicted octanol–water partition coefficient (Wildman–Crippen LogP) is 4.08. The number of aliphatic hydroxyl groups is 3. The van der Waals surface area contributed by atoms with Crippen molar-refractivity contribution in [2.75, 3.05) is 6.61 Å². The normalized spacial score (nSPS) is 17.8. The second-order valence-electron chi connectivity index (χ2n) is 10.4. The number of nitrogens with zero attached hydrogens (tertiary/aromatic N) is 1. The Labute approximate surface area is 275 Å². The van der Waals surface area contributed by atoms with Crippen LogP contribution in [0.1, 0.15) is 42.9 Å². The molecule has 2 heterocycles. The van der Waals surface area contributed by atoms with Crippen LogP contribution in [-0.4, -0.2) is 78.0 Å². The smallest absolute Gasteiger partial charge is 0.335 e. The molecule has 0 radical (unpaired) electrons. The van der Waals surface area contributed by atoms with E-state index in [-0.39, 0.29) is 5.56 Å². The van der Waals surface area contributed by atoms with Gasteiger partial charge in [-0.2, -0.15) is 0 Å². The van der Waals surface area contributed by atoms with Gasteiger partial charge in [-0.05, 0) is 60.8 Å². The van der Waals surface area contributed by atoms with Crippen molar-refractivity contribution in [2.24, 2.45) is 0 Å². The third-order valence-corrected chi connectivity index (χ3v) is 6.94. The third kappa shape index (κ3) is 10.2. The maximum absolute atomic E-state index is 12.5. The molecule has 1 saturated heterocycles. The number of fused-ring (bicyclic) bond motifs is 1. The molecular weight excluding hydrogens is 622 g/mol. The number of carboxylic acids is 3. The Morgan fingerprint density at radius 2 is 1.10 bits per heavy atom. The summed E-state index contributed by atoms with van der Waals surface area (Å²) in [6, 6.07) is 32.1. The van der Waals surface area contributed by atoms with Crippen molar-refractivity contribution in [1.82, 2.24) is 4.57 Å². The fraction of sp³-hybridized carbons (Fsp3) is 0.167. The Hall–Kier alpha value is -5.66. The van der Waals surface area contributed by atoms with Gasteiger partial charge in [0.1, 0.15) is 18.3 Å². The first kappa shape index (κ1) is 36.8. The Morgan fingerprint density at radius 3 is 1.46 bits per heavy atom. The molecule has 48 heavy (non-hydrogen) atoms. The molecule has 1 aliphatic heterocycles. The Bertz CT molecular complexity index is 1730. The number of aromatic nitrogens is 1. The number of rotatable bonds is 5. The van der Waals surface area contributed by atoms with Crippen LogP contribution in [0.5, 0.6) is 0 Å². The van der Waals surface area contributed by atoms with Gasteiger partial charge in [0.05, 0.1) is 23.3 Å². The minimum atomic E-state index is -1.26. The second kappa shape index (κ2) is 17.9. The molecule has 6 rings (SSSR count). The molecule has 4 atom stereocenters. The van der Waals surface area contributed by atoms with Crippen molar-refractivity contribution in [2.45, 2.75) is 31.5 Å². The number of carbonyl (C=O) groups is 3. The molecule has 0 amide bonds. The van der Waals surface area contributed by atoms with Crippen molar-refractivity contribution in [3.8, 4) is 0 Å². The monoisotopic (exact) mass is 657 g/mol. The number of aromatic carboxylic acids is 3. The fourth-order valence-corrected chi connectivity index (χ4v) is 4.43. The molecule has 250 valence electrons. The SMILES string of the molecule is Cc1ccc2c(=O)n([C@@H]3O[C@H](CO)[C@@H](O)[C@H]3O)ccc2c1.O=C(O)c1ccccc1.O=C(O)c1ccccc1.O=C(O)c1ccccc1. The van der Waals surface area contributed by atoms with E-state index >= 15 is 0 Å². The summed E-state index contributed by atoms with van der Waals surface area (Å²) >= 11 is 0. The van der Waals surface area contributed by atoms with Crippen molar-refractivity contribution >= 4 is 28.7 Å². The van der Waals surface area contributed by atoms with E-state index in [1.807, 2.05) is 19.1 Å². The third-order valence-electron chi connectivity index (χ3n) is 6.94. The lowest BCUT2D eigenvalue weighted by Gasteiger charge is -2.18. The van der Waals surface area contributed by atoms with Crippen molar-refractivity contribution in [3.05, 3.63) is 154 Å². The number of aryl methyl sites for hydroxylation is 1. The van der Waals surface area contributed by atoms with Gasteiger partial charge >= 0.3 is 17.9 Å². The number of benzene rings is 4. The highest BCUT2D eigenvalue weighted by molar-refractivity contribution is 5.88. The zero-order valence-electron chi connectivity index (χ0n) is 25.7. The van der Waals surface area contributed by atoms with Crippen LogP contribution in [0.4, 0.5) is 0 Å². The van der Waals surface area contributed by atoms with Crippen LogP contribution < -0.4 is 5.56 Å². The van der Waals surface area contributed by atoms with Gasteiger partial charge in [0, 0.05) is 11.6 Å². The first-order valence-corrected chi connectivity index (χ1v) is 14.5. The molecule has 12 heteroatoms. The summed E-state index contributed by atoms with van der Waals surface area (Å²) < 4.78 is 6.64. The van der Waals surface area contributed by atoms with Gasteiger partial charge in [0.2, 0.25) is 0 Å². The molecule has 0 bridgehead atoms. The van der Waals surface area contributed by atoms with Crippen molar-refractivity contribution in [1.29, 1.82) is 0 Å². The van der Waals surface area contributed by atoms with Crippen LogP contribution in [0.15, 0.2) is 126 Å². The van der Waals surface area contributed by atoms with E-state index < -0.39 is 49.1 Å². The largest absolute Gasteiger partial charge is 0.478 e. The van der Waals surface area contributed by atoms with E-state index in [0.717, 1.165) is 10.9 Å². The number of hydrogen-bond donors (Lipinski definition) is 6. The summed E-state index contributed by atoms with van der Waals surface area (Å²) in [6.45, 7) is 1.52. The van der Waals surface area contributed by atoms with E-state index in [2.05, 4.69) is 0 Å². The van der Waals surface area contributed by atoms with Gasteiger partial charge in [-0.25, -0.2) is 14.4 Å². The molecule has 0 aliphatic carbocycles. The molecule has 4 aromatic carbocycles. The minimum absolute atomic E-state index is 0.303. The van der Waals surface area contributed by atoms with E-state index in [0.29, 0.717) is 22.1 Å². The molecule has 1 aliphatic rings. The van der Waals surface area contributed by atoms with Crippen LogP contribution >= 0.6 is 0 Å². The van der Waals surface area contributed by atoms with Crippen LogP contribution in [-0.2, 0) is 4.74 Å². The summed E-state index contributed by atoms with van der Waals surface area (Å²) in [6.07, 6.45) is -2.85. The second-order valence-corrected chi connectivity index (χ2v) is 10.4. The summed E-state index contributed by atoms with van der Waals surface area (Å²) in [4.78, 5) is 43.1. The van der Waals surface area contributed by atoms with Crippen LogP contribution in [0.25, 0.3) is 10.8 Å². The number of ether oxygens (including phenoxy) is 1. The number of aliphatic hydroxyl groups excluding tert-OH is 3. The first-order chi connectivity index (χ1) is 22.9. The van der Waals surface area contributed by atoms with E-state index in [9.17, 15) is 29.4 Å². The van der Waals surface area contributed by atoms with Crippen molar-refractivity contribution < 1.29 is 49.8 Å². The zero-order chi connectivity index (χ0) is 35.2. The van der Waals surface area contributed by atoms with Gasteiger partial charge in [0.25, 0.3) is 5.56 Å². The topological polar surface area (TPSA) is 204 Å². The Balaban J connectivity index is 0.000000193. The molecule has 0 unspecified atom stereocenters. The van der Waals surface area contributed by atoms with Crippen molar-refractivity contribution in [3.63, 3.8) is 0 Å². The molecule has 1 aromatic heterocycles. The maximum atomic E-state index is 12.5. The van der Waals surface area contributed by atoms with E-state index in [1.165, 1.54) is 10.8 Å². The lowest BCUT2D eigenvalue weighted by atomic mass is 10.1. The molecular formula is C36H35NO11. The average Bonchev–Trinajstić information content (AvgIpc) is 3.39. The summed E-state index contributed by atoms with van der Waals surface area (Å²) in [7, 11) is 0. The number of hydrogen-bond acceptors (Lipinski definition) is 8. The molecule has 0 saturated carbocycles. The quantitative estimate of drug-likeness (QED) is 0.159. The van der Waals surface area contributed by atoms with Crippen LogP contribution in [0, 0.1) is 6.92 Å². The molecule has 6 N–H and O–H groups in total. The Kier molecular flexibility index (Phi) is 13.7. The summed E-state index contributed by atoms with van der Waals surface area (Å²) in [5, 5.41) is 55.4. The highest BCUT2D eigenvalue weighted by Gasteiger charge is 2.43. The zero-order valence-corrected chi connectivity index (χ0v) is 25.7. The van der Waals surface area contributed by atoms with Gasteiger partial charge in [0.15, 0.2) is 6.23 Å². The number of pyridine rings is 1. The van der Waals surface area contributed by atoms with Gasteiger partial charge in [-0.15, -0.1) is 0 Å². The maximum Gasteiger partial charge on any atom is 0.335 e. The molecule has 12 nitrogen and oxygen atoms in total. The minimum Gasteiger partial charge on any atom is -0.478 e. The molecule has 0 spiro atoms. The van der Waals surface area contributed by atoms with E-state index in [4.69, 9.17) is 25.2 Å². The highest BCUT2D eigenvalue weighted by atomic mass is 16.6.